The highest BCUT2D eigenvalue weighted by Gasteiger charge is 2.09. The number of carbonyl (C=O) groups is 1. The smallest absolute Gasteiger partial charge is 0.220 e. The Morgan fingerprint density at radius 1 is 1.29 bits per heavy atom. The zero-order valence-electron chi connectivity index (χ0n) is 10.9. The van der Waals surface area contributed by atoms with Crippen molar-refractivity contribution in [1.82, 2.24) is 5.32 Å². The zero-order chi connectivity index (χ0) is 12.8. The Bertz CT molecular complexity index is 357. The normalized spacial score (nSPS) is 14.1. The van der Waals surface area contributed by atoms with Gasteiger partial charge in [0, 0.05) is 12.5 Å². The van der Waals surface area contributed by atoms with E-state index in [1.54, 1.807) is 0 Å². The molecule has 94 valence electrons. The average molecular weight is 234 g/mol. The van der Waals surface area contributed by atoms with Crippen LogP contribution >= 0.6 is 0 Å². The van der Waals surface area contributed by atoms with E-state index in [9.17, 15) is 4.79 Å². The molecule has 0 aliphatic heterocycles. The standard InChI is InChI=1S/C14H22N2O/c1-10-4-7-13(8-5-10)12(3)16-14(17)9-6-11(2)15/h4-5,7-8,11-12H,6,9,15H2,1-3H3,(H,16,17). The van der Waals surface area contributed by atoms with E-state index in [1.807, 2.05) is 26.0 Å². The molecule has 0 saturated heterocycles. The molecule has 0 spiro atoms. The van der Waals surface area contributed by atoms with Gasteiger partial charge in [0.2, 0.25) is 5.91 Å². The zero-order valence-corrected chi connectivity index (χ0v) is 10.9. The van der Waals surface area contributed by atoms with Crippen molar-refractivity contribution in [3.8, 4) is 0 Å². The van der Waals surface area contributed by atoms with Crippen molar-refractivity contribution < 1.29 is 4.79 Å². The van der Waals surface area contributed by atoms with Gasteiger partial charge in [-0.2, -0.15) is 0 Å². The summed E-state index contributed by atoms with van der Waals surface area (Å²) in [6.45, 7) is 5.96. The van der Waals surface area contributed by atoms with Crippen molar-refractivity contribution in [2.45, 2.75) is 45.7 Å². The summed E-state index contributed by atoms with van der Waals surface area (Å²) in [5.74, 6) is 0.0652. The molecule has 0 fully saturated rings. The van der Waals surface area contributed by atoms with Gasteiger partial charge < -0.3 is 11.1 Å². The van der Waals surface area contributed by atoms with Crippen molar-refractivity contribution in [2.24, 2.45) is 5.73 Å². The fourth-order valence-electron chi connectivity index (χ4n) is 1.61. The van der Waals surface area contributed by atoms with E-state index in [4.69, 9.17) is 5.73 Å². The predicted octanol–water partition coefficient (Wildman–Crippen LogP) is 2.30. The maximum absolute atomic E-state index is 11.6. The quantitative estimate of drug-likeness (QED) is 0.821. The molecule has 2 unspecified atom stereocenters. The molecule has 0 heterocycles. The Balaban J connectivity index is 2.46. The van der Waals surface area contributed by atoms with Gasteiger partial charge in [-0.15, -0.1) is 0 Å². The molecule has 3 nitrogen and oxygen atoms in total. The summed E-state index contributed by atoms with van der Waals surface area (Å²) in [5, 5.41) is 2.98. The lowest BCUT2D eigenvalue weighted by Gasteiger charge is -2.15. The van der Waals surface area contributed by atoms with Gasteiger partial charge in [0.1, 0.15) is 0 Å². The van der Waals surface area contributed by atoms with E-state index in [1.165, 1.54) is 5.56 Å². The summed E-state index contributed by atoms with van der Waals surface area (Å²) < 4.78 is 0. The van der Waals surface area contributed by atoms with Gasteiger partial charge in [0.15, 0.2) is 0 Å². The van der Waals surface area contributed by atoms with Crippen molar-refractivity contribution in [3.05, 3.63) is 35.4 Å². The van der Waals surface area contributed by atoms with Crippen molar-refractivity contribution in [3.63, 3.8) is 0 Å². The van der Waals surface area contributed by atoms with Gasteiger partial charge in [-0.1, -0.05) is 29.8 Å². The van der Waals surface area contributed by atoms with Crippen molar-refractivity contribution in [2.75, 3.05) is 0 Å². The Kier molecular flexibility index (Phi) is 5.16. The lowest BCUT2D eigenvalue weighted by atomic mass is 10.1. The topological polar surface area (TPSA) is 55.1 Å². The number of nitrogens with one attached hydrogen (secondary N) is 1. The molecule has 1 amide bonds. The molecule has 3 N–H and O–H groups in total. The molecule has 0 aliphatic carbocycles. The van der Waals surface area contributed by atoms with E-state index < -0.39 is 0 Å². The fraction of sp³-hybridized carbons (Fsp3) is 0.500. The first-order valence-electron chi connectivity index (χ1n) is 6.10. The van der Waals surface area contributed by atoms with Crippen molar-refractivity contribution >= 4 is 5.91 Å². The van der Waals surface area contributed by atoms with Gasteiger partial charge in [-0.25, -0.2) is 0 Å². The highest BCUT2D eigenvalue weighted by molar-refractivity contribution is 5.76. The molecule has 0 aromatic heterocycles. The second kappa shape index (κ2) is 6.40. The molecular weight excluding hydrogens is 212 g/mol. The monoisotopic (exact) mass is 234 g/mol. The second-order valence-corrected chi connectivity index (χ2v) is 4.72. The third-order valence-electron chi connectivity index (χ3n) is 2.78. The fourth-order valence-corrected chi connectivity index (χ4v) is 1.61. The first-order chi connectivity index (χ1) is 7.99. The first-order valence-corrected chi connectivity index (χ1v) is 6.10. The number of aryl methyl sites for hydroxylation is 1. The lowest BCUT2D eigenvalue weighted by Crippen LogP contribution is -2.28. The van der Waals surface area contributed by atoms with E-state index in [-0.39, 0.29) is 18.0 Å². The van der Waals surface area contributed by atoms with E-state index in [2.05, 4.69) is 24.4 Å². The SMILES string of the molecule is Cc1ccc(C(C)NC(=O)CCC(C)N)cc1. The summed E-state index contributed by atoms with van der Waals surface area (Å²) in [6.07, 6.45) is 1.22. The number of rotatable bonds is 5. The van der Waals surface area contributed by atoms with Gasteiger partial charge in [0.25, 0.3) is 0 Å². The van der Waals surface area contributed by atoms with Crippen LogP contribution in [0.3, 0.4) is 0 Å². The number of amides is 1. The third kappa shape index (κ3) is 5.00. The molecule has 1 rings (SSSR count). The van der Waals surface area contributed by atoms with Crippen LogP contribution in [0.5, 0.6) is 0 Å². The van der Waals surface area contributed by atoms with Crippen LogP contribution in [0, 0.1) is 6.92 Å². The summed E-state index contributed by atoms with van der Waals surface area (Å²) >= 11 is 0. The summed E-state index contributed by atoms with van der Waals surface area (Å²) in [6, 6.07) is 8.34. The summed E-state index contributed by atoms with van der Waals surface area (Å²) in [7, 11) is 0. The Hall–Kier alpha value is -1.35. The van der Waals surface area contributed by atoms with Crippen LogP contribution in [-0.4, -0.2) is 11.9 Å². The Morgan fingerprint density at radius 3 is 2.41 bits per heavy atom. The number of hydrogen-bond acceptors (Lipinski definition) is 2. The van der Waals surface area contributed by atoms with Gasteiger partial charge >= 0.3 is 0 Å². The molecule has 0 saturated carbocycles. The molecule has 0 radical (unpaired) electrons. The number of nitrogens with two attached hydrogens (primary N) is 1. The molecular formula is C14H22N2O. The molecule has 3 heteroatoms. The van der Waals surface area contributed by atoms with E-state index in [0.717, 1.165) is 12.0 Å². The van der Waals surface area contributed by atoms with Gasteiger partial charge in [-0.3, -0.25) is 4.79 Å². The predicted molar refractivity (Wildman–Crippen MR) is 70.6 cm³/mol. The second-order valence-electron chi connectivity index (χ2n) is 4.72. The van der Waals surface area contributed by atoms with Crippen LogP contribution in [0.4, 0.5) is 0 Å². The maximum atomic E-state index is 11.6. The van der Waals surface area contributed by atoms with Crippen molar-refractivity contribution in [1.29, 1.82) is 0 Å². The summed E-state index contributed by atoms with van der Waals surface area (Å²) in [4.78, 5) is 11.6. The van der Waals surface area contributed by atoms with Crippen LogP contribution in [0.1, 0.15) is 43.9 Å². The van der Waals surface area contributed by atoms with E-state index in [0.29, 0.717) is 6.42 Å². The first kappa shape index (κ1) is 13.7. The lowest BCUT2D eigenvalue weighted by molar-refractivity contribution is -0.121. The molecule has 17 heavy (non-hydrogen) atoms. The Labute approximate surface area is 103 Å². The minimum Gasteiger partial charge on any atom is -0.350 e. The Morgan fingerprint density at radius 2 is 1.88 bits per heavy atom. The molecule has 0 bridgehead atoms. The maximum Gasteiger partial charge on any atom is 0.220 e. The van der Waals surface area contributed by atoms with Gasteiger partial charge in [-0.05, 0) is 32.8 Å². The highest BCUT2D eigenvalue weighted by Crippen LogP contribution is 2.13. The van der Waals surface area contributed by atoms with Crippen LogP contribution in [0.2, 0.25) is 0 Å². The molecule has 0 aliphatic rings. The minimum atomic E-state index is 0.0520. The number of benzene rings is 1. The number of hydrogen-bond donors (Lipinski definition) is 2. The minimum absolute atomic E-state index is 0.0520. The van der Waals surface area contributed by atoms with Crippen LogP contribution in [0.15, 0.2) is 24.3 Å². The van der Waals surface area contributed by atoms with E-state index >= 15 is 0 Å². The highest BCUT2D eigenvalue weighted by atomic mass is 16.1. The van der Waals surface area contributed by atoms with Gasteiger partial charge in [0.05, 0.1) is 6.04 Å². The number of carbonyl (C=O) groups excluding carboxylic acids is 1. The molecule has 1 aromatic rings. The largest absolute Gasteiger partial charge is 0.350 e. The van der Waals surface area contributed by atoms with Crippen LogP contribution < -0.4 is 11.1 Å². The average Bonchev–Trinajstić information content (AvgIpc) is 2.27. The molecule has 2 atom stereocenters. The van der Waals surface area contributed by atoms with Crippen LogP contribution in [0.25, 0.3) is 0 Å². The third-order valence-corrected chi connectivity index (χ3v) is 2.78. The molecule has 1 aromatic carbocycles. The summed E-state index contributed by atoms with van der Waals surface area (Å²) in [5.41, 5.74) is 7.97. The van der Waals surface area contributed by atoms with Crippen LogP contribution in [-0.2, 0) is 4.79 Å².